The van der Waals surface area contributed by atoms with Gasteiger partial charge in [0.15, 0.2) is 0 Å². The number of hydrogen-bond acceptors (Lipinski definition) is 1. The van der Waals surface area contributed by atoms with Gasteiger partial charge in [-0.15, -0.1) is 0 Å². The Morgan fingerprint density at radius 3 is 2.60 bits per heavy atom. The Balaban J connectivity index is 1.77. The summed E-state index contributed by atoms with van der Waals surface area (Å²) in [6, 6.07) is 7.14. The number of rotatable bonds is 3. The topological polar surface area (TPSA) is 12.0 Å². The number of benzene rings is 1. The summed E-state index contributed by atoms with van der Waals surface area (Å²) in [7, 11) is 0. The first-order valence-electron chi connectivity index (χ1n) is 8.12. The number of halogens is 1. The van der Waals surface area contributed by atoms with E-state index >= 15 is 0 Å². The van der Waals surface area contributed by atoms with Gasteiger partial charge in [0.2, 0.25) is 0 Å². The second-order valence-corrected chi connectivity index (χ2v) is 7.06. The molecule has 2 fully saturated rings. The predicted molar refractivity (Wildman–Crippen MR) is 81.1 cm³/mol. The van der Waals surface area contributed by atoms with Crippen LogP contribution in [0.3, 0.4) is 0 Å². The average molecular weight is 275 g/mol. The van der Waals surface area contributed by atoms with Crippen LogP contribution in [0.4, 0.5) is 4.39 Å². The van der Waals surface area contributed by atoms with Gasteiger partial charge in [-0.2, -0.15) is 0 Å². The zero-order valence-electron chi connectivity index (χ0n) is 12.5. The van der Waals surface area contributed by atoms with E-state index in [4.69, 9.17) is 0 Å². The van der Waals surface area contributed by atoms with Crippen molar-refractivity contribution >= 4 is 0 Å². The van der Waals surface area contributed by atoms with Gasteiger partial charge in [-0.25, -0.2) is 4.39 Å². The summed E-state index contributed by atoms with van der Waals surface area (Å²) in [5.74, 6) is 1.55. The Bertz CT molecular complexity index is 435. The van der Waals surface area contributed by atoms with Crippen molar-refractivity contribution in [2.75, 3.05) is 13.1 Å². The van der Waals surface area contributed by atoms with Crippen LogP contribution in [-0.2, 0) is 6.42 Å². The van der Waals surface area contributed by atoms with Crippen LogP contribution in [-0.4, -0.2) is 13.1 Å². The van der Waals surface area contributed by atoms with Gasteiger partial charge in [0.05, 0.1) is 0 Å². The van der Waals surface area contributed by atoms with Crippen LogP contribution in [0.15, 0.2) is 24.3 Å². The largest absolute Gasteiger partial charge is 0.316 e. The van der Waals surface area contributed by atoms with Crippen LogP contribution < -0.4 is 5.32 Å². The van der Waals surface area contributed by atoms with Crippen molar-refractivity contribution in [1.29, 1.82) is 0 Å². The molecule has 0 spiro atoms. The molecule has 0 amide bonds. The first-order chi connectivity index (χ1) is 9.67. The molecule has 2 heteroatoms. The lowest BCUT2D eigenvalue weighted by molar-refractivity contribution is 0.0785. The molecule has 2 atom stereocenters. The molecule has 0 radical (unpaired) electrons. The van der Waals surface area contributed by atoms with E-state index in [0.717, 1.165) is 24.8 Å². The van der Waals surface area contributed by atoms with Crippen LogP contribution in [0.25, 0.3) is 0 Å². The summed E-state index contributed by atoms with van der Waals surface area (Å²) in [5, 5.41) is 3.60. The Labute approximate surface area is 122 Å². The van der Waals surface area contributed by atoms with E-state index in [-0.39, 0.29) is 5.82 Å². The molecule has 1 aliphatic carbocycles. The van der Waals surface area contributed by atoms with Gasteiger partial charge in [-0.3, -0.25) is 0 Å². The predicted octanol–water partition coefficient (Wildman–Crippen LogP) is 4.17. The monoisotopic (exact) mass is 275 g/mol. The summed E-state index contributed by atoms with van der Waals surface area (Å²) in [6.45, 7) is 4.75. The number of hydrogen-bond donors (Lipinski definition) is 1. The third-order valence-electron chi connectivity index (χ3n) is 5.62. The molecular weight excluding hydrogens is 249 g/mol. The number of nitrogens with one attached hydrogen (secondary N) is 1. The van der Waals surface area contributed by atoms with Crippen molar-refractivity contribution in [3.8, 4) is 0 Å². The quantitative estimate of drug-likeness (QED) is 0.873. The van der Waals surface area contributed by atoms with E-state index in [2.05, 4.69) is 12.2 Å². The standard InChI is InChI=1S/C18H26FN/c1-18(12-14-6-8-16(19)9-7-14)10-11-20-13-17(18)15-4-2-3-5-15/h6-9,15,17,20H,2-5,10-13H2,1H3. The second kappa shape index (κ2) is 5.85. The first kappa shape index (κ1) is 14.1. The van der Waals surface area contributed by atoms with Gasteiger partial charge in [0.25, 0.3) is 0 Å². The molecule has 1 N–H and O–H groups in total. The molecular formula is C18H26FN. The fourth-order valence-corrected chi connectivity index (χ4v) is 4.45. The minimum Gasteiger partial charge on any atom is -0.316 e. The highest BCUT2D eigenvalue weighted by Gasteiger charge is 2.41. The van der Waals surface area contributed by atoms with Crippen LogP contribution in [0.2, 0.25) is 0 Å². The van der Waals surface area contributed by atoms with Gasteiger partial charge < -0.3 is 5.32 Å². The summed E-state index contributed by atoms with van der Waals surface area (Å²) >= 11 is 0. The van der Waals surface area contributed by atoms with E-state index in [1.807, 2.05) is 12.1 Å². The van der Waals surface area contributed by atoms with Crippen LogP contribution >= 0.6 is 0 Å². The van der Waals surface area contributed by atoms with Crippen molar-refractivity contribution in [3.63, 3.8) is 0 Å². The average Bonchev–Trinajstić information content (AvgIpc) is 2.95. The van der Waals surface area contributed by atoms with E-state index in [9.17, 15) is 4.39 Å². The fraction of sp³-hybridized carbons (Fsp3) is 0.667. The lowest BCUT2D eigenvalue weighted by atomic mass is 9.63. The van der Waals surface area contributed by atoms with Crippen molar-refractivity contribution in [2.45, 2.75) is 45.4 Å². The normalized spacial score (nSPS) is 31.6. The van der Waals surface area contributed by atoms with Gasteiger partial charge in [-0.1, -0.05) is 44.7 Å². The molecule has 2 aliphatic rings. The lowest BCUT2D eigenvalue weighted by Gasteiger charge is -2.45. The maximum absolute atomic E-state index is 13.1. The molecule has 1 nitrogen and oxygen atoms in total. The molecule has 0 bridgehead atoms. The van der Waals surface area contributed by atoms with Gasteiger partial charge >= 0.3 is 0 Å². The molecule has 1 aromatic carbocycles. The van der Waals surface area contributed by atoms with E-state index < -0.39 is 0 Å². The fourth-order valence-electron chi connectivity index (χ4n) is 4.45. The minimum absolute atomic E-state index is 0.128. The third-order valence-corrected chi connectivity index (χ3v) is 5.62. The Kier molecular flexibility index (Phi) is 4.11. The van der Waals surface area contributed by atoms with Crippen LogP contribution in [0.5, 0.6) is 0 Å². The third kappa shape index (κ3) is 2.90. The molecule has 110 valence electrons. The number of piperidine rings is 1. The molecule has 1 saturated heterocycles. The van der Waals surface area contributed by atoms with Crippen LogP contribution in [0.1, 0.15) is 44.6 Å². The summed E-state index contributed by atoms with van der Waals surface area (Å²) in [6.07, 6.45) is 7.97. The molecule has 2 unspecified atom stereocenters. The smallest absolute Gasteiger partial charge is 0.123 e. The summed E-state index contributed by atoms with van der Waals surface area (Å²) in [4.78, 5) is 0. The molecule has 0 aromatic heterocycles. The van der Waals surface area contributed by atoms with Crippen molar-refractivity contribution in [3.05, 3.63) is 35.6 Å². The lowest BCUT2D eigenvalue weighted by Crippen LogP contribution is -2.47. The van der Waals surface area contributed by atoms with Crippen molar-refractivity contribution in [2.24, 2.45) is 17.3 Å². The highest BCUT2D eigenvalue weighted by molar-refractivity contribution is 5.18. The Morgan fingerprint density at radius 2 is 1.90 bits per heavy atom. The van der Waals surface area contributed by atoms with E-state index in [1.54, 1.807) is 12.1 Å². The Morgan fingerprint density at radius 1 is 1.20 bits per heavy atom. The van der Waals surface area contributed by atoms with E-state index in [1.165, 1.54) is 44.2 Å². The molecule has 1 aliphatic heterocycles. The molecule has 1 heterocycles. The molecule has 20 heavy (non-hydrogen) atoms. The summed E-state index contributed by atoms with van der Waals surface area (Å²) < 4.78 is 13.1. The molecule has 1 aromatic rings. The maximum Gasteiger partial charge on any atom is 0.123 e. The van der Waals surface area contributed by atoms with Crippen molar-refractivity contribution in [1.82, 2.24) is 5.32 Å². The molecule has 1 saturated carbocycles. The minimum atomic E-state index is -0.128. The zero-order valence-corrected chi connectivity index (χ0v) is 12.5. The van der Waals surface area contributed by atoms with Crippen LogP contribution in [0, 0.1) is 23.1 Å². The van der Waals surface area contributed by atoms with Gasteiger partial charge in [0.1, 0.15) is 5.82 Å². The van der Waals surface area contributed by atoms with E-state index in [0.29, 0.717) is 5.41 Å². The SMILES string of the molecule is CC1(Cc2ccc(F)cc2)CCNCC1C1CCCC1. The zero-order chi connectivity index (χ0) is 14.0. The van der Waals surface area contributed by atoms with Gasteiger partial charge in [0, 0.05) is 0 Å². The molecule has 3 rings (SSSR count). The second-order valence-electron chi connectivity index (χ2n) is 7.06. The maximum atomic E-state index is 13.1. The first-order valence-corrected chi connectivity index (χ1v) is 8.12. The van der Waals surface area contributed by atoms with Gasteiger partial charge in [-0.05, 0) is 60.9 Å². The van der Waals surface area contributed by atoms with Crippen molar-refractivity contribution < 1.29 is 4.39 Å². The highest BCUT2D eigenvalue weighted by atomic mass is 19.1. The Hall–Kier alpha value is -0.890. The summed E-state index contributed by atoms with van der Waals surface area (Å²) in [5.41, 5.74) is 1.66. The highest BCUT2D eigenvalue weighted by Crippen LogP contribution is 2.46.